The summed E-state index contributed by atoms with van der Waals surface area (Å²) in [6.07, 6.45) is -4.57. The van der Waals surface area contributed by atoms with Crippen molar-refractivity contribution in [2.45, 2.75) is 20.0 Å². The van der Waals surface area contributed by atoms with E-state index >= 15 is 0 Å². The molecule has 0 radical (unpaired) electrons. The third kappa shape index (κ3) is 4.24. The quantitative estimate of drug-likeness (QED) is 0.886. The molecule has 1 rings (SSSR count). The molecule has 0 saturated heterocycles. The molecule has 1 aromatic carbocycles. The van der Waals surface area contributed by atoms with Crippen LogP contribution in [0.4, 0.5) is 13.2 Å². The van der Waals surface area contributed by atoms with Crippen LogP contribution in [0.1, 0.15) is 29.8 Å². The van der Waals surface area contributed by atoms with Crippen LogP contribution >= 0.6 is 0 Å². The Morgan fingerprint density at radius 3 is 2.37 bits per heavy atom. The van der Waals surface area contributed by atoms with E-state index in [9.17, 15) is 18.0 Å². The smallest absolute Gasteiger partial charge is 0.396 e. The monoisotopic (exact) mass is 275 g/mol. The molecular weight excluding hydrogens is 259 g/mol. The molecule has 0 atom stereocenters. The van der Waals surface area contributed by atoms with E-state index in [0.29, 0.717) is 0 Å². The van der Waals surface area contributed by atoms with Crippen LogP contribution in [0.25, 0.3) is 0 Å². The zero-order chi connectivity index (χ0) is 14.7. The number of nitrogens with one attached hydrogen (secondary N) is 1. The standard InChI is InChI=1S/C13H16F3NO2/c1-12(2,8-18)7-17-11(19)9-5-3-4-6-10(9)13(14,15)16/h3-6,18H,7-8H2,1-2H3,(H,17,19). The largest absolute Gasteiger partial charge is 0.417 e. The maximum absolute atomic E-state index is 12.7. The molecular formula is C13H16F3NO2. The predicted octanol–water partition coefficient (Wildman–Crippen LogP) is 2.45. The summed E-state index contributed by atoms with van der Waals surface area (Å²) in [6.45, 7) is 3.31. The third-order valence-corrected chi connectivity index (χ3v) is 2.63. The van der Waals surface area contributed by atoms with Gasteiger partial charge in [-0.3, -0.25) is 4.79 Å². The van der Waals surface area contributed by atoms with E-state index in [0.717, 1.165) is 12.1 Å². The molecule has 1 amide bonds. The summed E-state index contributed by atoms with van der Waals surface area (Å²) in [5, 5.41) is 11.4. The van der Waals surface area contributed by atoms with Crippen molar-refractivity contribution >= 4 is 5.91 Å². The number of hydrogen-bond acceptors (Lipinski definition) is 2. The summed E-state index contributed by atoms with van der Waals surface area (Å²) in [4.78, 5) is 11.8. The fourth-order valence-electron chi connectivity index (χ4n) is 1.40. The Kier molecular flexibility index (Phi) is 4.57. The van der Waals surface area contributed by atoms with E-state index in [1.807, 2.05) is 0 Å². The molecule has 0 heterocycles. The topological polar surface area (TPSA) is 49.3 Å². The molecule has 3 nitrogen and oxygen atoms in total. The number of rotatable bonds is 4. The molecule has 0 aliphatic rings. The molecule has 0 aromatic heterocycles. The van der Waals surface area contributed by atoms with Crippen LogP contribution in [-0.2, 0) is 6.18 Å². The minimum Gasteiger partial charge on any atom is -0.396 e. The highest BCUT2D eigenvalue weighted by Gasteiger charge is 2.35. The van der Waals surface area contributed by atoms with Gasteiger partial charge in [0, 0.05) is 18.6 Å². The van der Waals surface area contributed by atoms with Gasteiger partial charge in [-0.2, -0.15) is 13.2 Å². The van der Waals surface area contributed by atoms with Gasteiger partial charge in [-0.05, 0) is 12.1 Å². The summed E-state index contributed by atoms with van der Waals surface area (Å²) >= 11 is 0. The summed E-state index contributed by atoms with van der Waals surface area (Å²) in [5.41, 5.74) is -1.96. The van der Waals surface area contributed by atoms with Gasteiger partial charge in [-0.15, -0.1) is 0 Å². The fraction of sp³-hybridized carbons (Fsp3) is 0.462. The van der Waals surface area contributed by atoms with Crippen molar-refractivity contribution in [2.24, 2.45) is 5.41 Å². The Balaban J connectivity index is 2.90. The van der Waals surface area contributed by atoms with Crippen molar-refractivity contribution in [3.63, 3.8) is 0 Å². The van der Waals surface area contributed by atoms with Gasteiger partial charge < -0.3 is 10.4 Å². The van der Waals surface area contributed by atoms with Gasteiger partial charge in [0.1, 0.15) is 0 Å². The highest BCUT2D eigenvalue weighted by Crippen LogP contribution is 2.31. The number of benzene rings is 1. The lowest BCUT2D eigenvalue weighted by molar-refractivity contribution is -0.137. The number of aliphatic hydroxyl groups excluding tert-OH is 1. The van der Waals surface area contributed by atoms with Crippen LogP contribution in [0.5, 0.6) is 0 Å². The number of alkyl halides is 3. The second kappa shape index (κ2) is 5.61. The van der Waals surface area contributed by atoms with E-state index in [2.05, 4.69) is 5.32 Å². The van der Waals surface area contributed by atoms with E-state index in [-0.39, 0.29) is 13.2 Å². The number of amides is 1. The van der Waals surface area contributed by atoms with E-state index < -0.39 is 28.6 Å². The van der Waals surface area contributed by atoms with E-state index in [1.165, 1.54) is 12.1 Å². The van der Waals surface area contributed by atoms with Gasteiger partial charge in [-0.25, -0.2) is 0 Å². The molecule has 0 fully saturated rings. The molecule has 0 aliphatic heterocycles. The minimum absolute atomic E-state index is 0.0918. The molecule has 6 heteroatoms. The highest BCUT2D eigenvalue weighted by atomic mass is 19.4. The van der Waals surface area contributed by atoms with Crippen LogP contribution < -0.4 is 5.32 Å². The molecule has 2 N–H and O–H groups in total. The first kappa shape index (κ1) is 15.5. The van der Waals surface area contributed by atoms with Crippen molar-refractivity contribution in [2.75, 3.05) is 13.2 Å². The lowest BCUT2D eigenvalue weighted by atomic mass is 9.94. The van der Waals surface area contributed by atoms with Crippen molar-refractivity contribution in [3.05, 3.63) is 35.4 Å². The average molecular weight is 275 g/mol. The summed E-state index contributed by atoms with van der Waals surface area (Å²) in [7, 11) is 0. The molecule has 106 valence electrons. The van der Waals surface area contributed by atoms with Gasteiger partial charge in [0.25, 0.3) is 5.91 Å². The zero-order valence-electron chi connectivity index (χ0n) is 10.7. The summed E-state index contributed by atoms with van der Waals surface area (Å²) < 4.78 is 38.2. The molecule has 0 unspecified atom stereocenters. The molecule has 0 saturated carbocycles. The second-order valence-corrected chi connectivity index (χ2v) is 5.05. The minimum atomic E-state index is -4.57. The number of aliphatic hydroxyl groups is 1. The van der Waals surface area contributed by atoms with Gasteiger partial charge in [0.05, 0.1) is 11.1 Å². The molecule has 1 aromatic rings. The highest BCUT2D eigenvalue weighted by molar-refractivity contribution is 5.95. The van der Waals surface area contributed by atoms with Crippen LogP contribution in [0.15, 0.2) is 24.3 Å². The van der Waals surface area contributed by atoms with Crippen molar-refractivity contribution in [3.8, 4) is 0 Å². The Hall–Kier alpha value is -1.56. The number of carbonyl (C=O) groups is 1. The predicted molar refractivity (Wildman–Crippen MR) is 64.6 cm³/mol. The normalized spacial score (nSPS) is 12.3. The van der Waals surface area contributed by atoms with Crippen molar-refractivity contribution in [1.29, 1.82) is 0 Å². The Labute approximate surface area is 109 Å². The molecule has 0 aliphatic carbocycles. The van der Waals surface area contributed by atoms with E-state index in [1.54, 1.807) is 13.8 Å². The van der Waals surface area contributed by atoms with Crippen LogP contribution in [0.3, 0.4) is 0 Å². The Morgan fingerprint density at radius 2 is 1.84 bits per heavy atom. The third-order valence-electron chi connectivity index (χ3n) is 2.63. The fourth-order valence-corrected chi connectivity index (χ4v) is 1.40. The Bertz CT molecular complexity index is 455. The molecule has 19 heavy (non-hydrogen) atoms. The van der Waals surface area contributed by atoms with E-state index in [4.69, 9.17) is 5.11 Å². The summed E-state index contributed by atoms with van der Waals surface area (Å²) in [5.74, 6) is -0.797. The van der Waals surface area contributed by atoms with Gasteiger partial charge >= 0.3 is 6.18 Å². The lowest BCUT2D eigenvalue weighted by Crippen LogP contribution is -2.36. The lowest BCUT2D eigenvalue weighted by Gasteiger charge is -2.22. The number of carbonyl (C=O) groups excluding carboxylic acids is 1. The van der Waals surface area contributed by atoms with Crippen LogP contribution in [-0.4, -0.2) is 24.2 Å². The average Bonchev–Trinajstić information content (AvgIpc) is 2.35. The number of hydrogen-bond donors (Lipinski definition) is 2. The van der Waals surface area contributed by atoms with Gasteiger partial charge in [0.2, 0.25) is 0 Å². The second-order valence-electron chi connectivity index (χ2n) is 5.05. The molecule has 0 bridgehead atoms. The van der Waals surface area contributed by atoms with Gasteiger partial charge in [-0.1, -0.05) is 26.0 Å². The first-order valence-corrected chi connectivity index (χ1v) is 5.73. The van der Waals surface area contributed by atoms with Crippen molar-refractivity contribution < 1.29 is 23.1 Å². The van der Waals surface area contributed by atoms with Crippen molar-refractivity contribution in [1.82, 2.24) is 5.32 Å². The van der Waals surface area contributed by atoms with Crippen LogP contribution in [0, 0.1) is 5.41 Å². The SMILES string of the molecule is CC(C)(CO)CNC(=O)c1ccccc1C(F)(F)F. The molecule has 0 spiro atoms. The number of halogens is 3. The zero-order valence-corrected chi connectivity index (χ0v) is 10.7. The maximum atomic E-state index is 12.7. The van der Waals surface area contributed by atoms with Gasteiger partial charge in [0.15, 0.2) is 0 Å². The first-order valence-electron chi connectivity index (χ1n) is 5.73. The Morgan fingerprint density at radius 1 is 1.26 bits per heavy atom. The maximum Gasteiger partial charge on any atom is 0.417 e. The van der Waals surface area contributed by atoms with Crippen LogP contribution in [0.2, 0.25) is 0 Å². The summed E-state index contributed by atoms with van der Waals surface area (Å²) in [6, 6.07) is 4.61. The first-order chi connectivity index (χ1) is 8.67.